The van der Waals surface area contributed by atoms with Gasteiger partial charge in [0.25, 0.3) is 0 Å². The summed E-state index contributed by atoms with van der Waals surface area (Å²) in [7, 11) is 0. The van der Waals surface area contributed by atoms with Gasteiger partial charge in [0, 0.05) is 4.88 Å². The van der Waals surface area contributed by atoms with Gasteiger partial charge in [-0.15, -0.1) is 11.3 Å². The summed E-state index contributed by atoms with van der Waals surface area (Å²) in [6, 6.07) is 4.34. The molecule has 114 valence electrons. The number of nitrogens with two attached hydrogens (primary N) is 1. The van der Waals surface area contributed by atoms with Gasteiger partial charge in [-0.2, -0.15) is 4.98 Å². The van der Waals surface area contributed by atoms with Gasteiger partial charge in [0.05, 0.1) is 12.6 Å². The molecule has 0 fully saturated rings. The average Bonchev–Trinajstić information content (AvgIpc) is 2.98. The van der Waals surface area contributed by atoms with Crippen molar-refractivity contribution in [1.29, 1.82) is 0 Å². The molecule has 0 spiro atoms. The van der Waals surface area contributed by atoms with E-state index in [2.05, 4.69) is 46.6 Å². The SMILES string of the molecule is CCCOc1ncnc(NC(c2cccs2)C(C)C)c1N. The summed E-state index contributed by atoms with van der Waals surface area (Å²) in [5.74, 6) is 1.49. The van der Waals surface area contributed by atoms with Crippen LogP contribution < -0.4 is 15.8 Å². The summed E-state index contributed by atoms with van der Waals surface area (Å²) in [6.45, 7) is 6.98. The van der Waals surface area contributed by atoms with Crippen LogP contribution in [0.2, 0.25) is 0 Å². The molecule has 21 heavy (non-hydrogen) atoms. The highest BCUT2D eigenvalue weighted by Gasteiger charge is 2.19. The standard InChI is InChI=1S/C15H22N4OS/c1-4-7-20-15-12(16)14(17-9-18-15)19-13(10(2)3)11-6-5-8-21-11/h5-6,8-10,13H,4,7,16H2,1-3H3,(H,17,18,19). The van der Waals surface area contributed by atoms with Gasteiger partial charge in [0.2, 0.25) is 5.88 Å². The number of rotatable bonds is 7. The molecule has 5 nitrogen and oxygen atoms in total. The molecule has 0 aliphatic carbocycles. The summed E-state index contributed by atoms with van der Waals surface area (Å²) in [5, 5.41) is 5.50. The summed E-state index contributed by atoms with van der Waals surface area (Å²) >= 11 is 1.72. The minimum absolute atomic E-state index is 0.168. The van der Waals surface area contributed by atoms with E-state index < -0.39 is 0 Å². The highest BCUT2D eigenvalue weighted by molar-refractivity contribution is 7.10. The van der Waals surface area contributed by atoms with Gasteiger partial charge in [0.15, 0.2) is 5.82 Å². The largest absolute Gasteiger partial charge is 0.476 e. The Morgan fingerprint density at radius 2 is 2.19 bits per heavy atom. The van der Waals surface area contributed by atoms with E-state index in [0.717, 1.165) is 6.42 Å². The zero-order chi connectivity index (χ0) is 15.2. The molecule has 1 atom stereocenters. The quantitative estimate of drug-likeness (QED) is 0.815. The van der Waals surface area contributed by atoms with Crippen LogP contribution in [0.5, 0.6) is 5.88 Å². The summed E-state index contributed by atoms with van der Waals surface area (Å²) in [5.41, 5.74) is 6.58. The summed E-state index contributed by atoms with van der Waals surface area (Å²) < 4.78 is 5.55. The van der Waals surface area contributed by atoms with Crippen molar-refractivity contribution in [3.63, 3.8) is 0 Å². The fourth-order valence-corrected chi connectivity index (χ4v) is 2.94. The van der Waals surface area contributed by atoms with Crippen molar-refractivity contribution in [3.05, 3.63) is 28.7 Å². The van der Waals surface area contributed by atoms with E-state index in [-0.39, 0.29) is 6.04 Å². The van der Waals surface area contributed by atoms with Gasteiger partial charge in [-0.05, 0) is 23.8 Å². The number of nitrogen functional groups attached to an aromatic ring is 1. The van der Waals surface area contributed by atoms with Gasteiger partial charge in [-0.25, -0.2) is 4.98 Å². The van der Waals surface area contributed by atoms with E-state index in [1.807, 2.05) is 6.92 Å². The van der Waals surface area contributed by atoms with Crippen LogP contribution in [0.3, 0.4) is 0 Å². The molecule has 2 aromatic heterocycles. The van der Waals surface area contributed by atoms with E-state index in [4.69, 9.17) is 10.5 Å². The molecule has 6 heteroatoms. The van der Waals surface area contributed by atoms with Crippen LogP contribution in [0, 0.1) is 5.92 Å². The smallest absolute Gasteiger partial charge is 0.242 e. The van der Waals surface area contributed by atoms with Crippen molar-refractivity contribution in [2.45, 2.75) is 33.2 Å². The zero-order valence-electron chi connectivity index (χ0n) is 12.7. The maximum absolute atomic E-state index is 6.12. The molecule has 0 saturated carbocycles. The molecule has 3 N–H and O–H groups in total. The van der Waals surface area contributed by atoms with Crippen LogP contribution in [0.15, 0.2) is 23.8 Å². The van der Waals surface area contributed by atoms with Crippen LogP contribution in [-0.4, -0.2) is 16.6 Å². The molecule has 0 radical (unpaired) electrons. The van der Waals surface area contributed by atoms with Crippen molar-refractivity contribution < 1.29 is 4.74 Å². The Bertz CT molecular complexity index is 557. The molecule has 2 heterocycles. The van der Waals surface area contributed by atoms with Crippen LogP contribution in [0.4, 0.5) is 11.5 Å². The predicted octanol–water partition coefficient (Wildman–Crippen LogP) is 3.72. The second kappa shape index (κ2) is 7.26. The van der Waals surface area contributed by atoms with Gasteiger partial charge in [-0.3, -0.25) is 0 Å². The molecule has 0 aliphatic rings. The van der Waals surface area contributed by atoms with E-state index in [1.54, 1.807) is 11.3 Å². The van der Waals surface area contributed by atoms with Crippen LogP contribution >= 0.6 is 11.3 Å². The Balaban J connectivity index is 2.21. The minimum atomic E-state index is 0.168. The van der Waals surface area contributed by atoms with E-state index in [0.29, 0.717) is 29.9 Å². The summed E-state index contributed by atoms with van der Waals surface area (Å²) in [6.07, 6.45) is 2.39. The third-order valence-electron chi connectivity index (χ3n) is 3.10. The molecule has 0 amide bonds. The van der Waals surface area contributed by atoms with Crippen molar-refractivity contribution in [2.24, 2.45) is 5.92 Å². The summed E-state index contributed by atoms with van der Waals surface area (Å²) in [4.78, 5) is 9.62. The Labute approximate surface area is 129 Å². The molecule has 1 unspecified atom stereocenters. The van der Waals surface area contributed by atoms with Crippen LogP contribution in [0.1, 0.15) is 38.1 Å². The number of hydrogen-bond donors (Lipinski definition) is 2. The predicted molar refractivity (Wildman–Crippen MR) is 87.8 cm³/mol. The first kappa shape index (κ1) is 15.6. The number of anilines is 2. The monoisotopic (exact) mass is 306 g/mol. The molecular formula is C15H22N4OS. The van der Waals surface area contributed by atoms with Crippen molar-refractivity contribution in [3.8, 4) is 5.88 Å². The second-order valence-electron chi connectivity index (χ2n) is 5.17. The van der Waals surface area contributed by atoms with Crippen molar-refractivity contribution in [2.75, 3.05) is 17.7 Å². The number of nitrogens with zero attached hydrogens (tertiary/aromatic N) is 2. The number of aromatic nitrogens is 2. The molecule has 0 saturated heterocycles. The van der Waals surface area contributed by atoms with Crippen LogP contribution in [-0.2, 0) is 0 Å². The molecule has 0 aliphatic heterocycles. The molecule has 2 aromatic rings. The topological polar surface area (TPSA) is 73.1 Å². The first-order valence-corrected chi connectivity index (χ1v) is 8.04. The second-order valence-corrected chi connectivity index (χ2v) is 6.15. The molecule has 2 rings (SSSR count). The third kappa shape index (κ3) is 3.85. The van der Waals surface area contributed by atoms with E-state index in [1.165, 1.54) is 11.2 Å². The lowest BCUT2D eigenvalue weighted by molar-refractivity contribution is 0.306. The highest BCUT2D eigenvalue weighted by Crippen LogP contribution is 2.33. The van der Waals surface area contributed by atoms with E-state index in [9.17, 15) is 0 Å². The van der Waals surface area contributed by atoms with Gasteiger partial charge < -0.3 is 15.8 Å². The number of nitrogens with one attached hydrogen (secondary N) is 1. The first-order chi connectivity index (χ1) is 10.1. The Kier molecular flexibility index (Phi) is 5.38. The Morgan fingerprint density at radius 1 is 1.38 bits per heavy atom. The van der Waals surface area contributed by atoms with Crippen LogP contribution in [0.25, 0.3) is 0 Å². The maximum atomic E-state index is 6.12. The number of hydrogen-bond acceptors (Lipinski definition) is 6. The first-order valence-electron chi connectivity index (χ1n) is 7.16. The van der Waals surface area contributed by atoms with Crippen molar-refractivity contribution in [1.82, 2.24) is 9.97 Å². The number of ether oxygens (including phenoxy) is 1. The lowest BCUT2D eigenvalue weighted by Crippen LogP contribution is -2.18. The third-order valence-corrected chi connectivity index (χ3v) is 4.05. The highest BCUT2D eigenvalue weighted by atomic mass is 32.1. The zero-order valence-corrected chi connectivity index (χ0v) is 13.5. The van der Waals surface area contributed by atoms with Gasteiger partial charge in [0.1, 0.15) is 12.0 Å². The maximum Gasteiger partial charge on any atom is 0.242 e. The van der Waals surface area contributed by atoms with Crippen molar-refractivity contribution >= 4 is 22.8 Å². The lowest BCUT2D eigenvalue weighted by Gasteiger charge is -2.23. The lowest BCUT2D eigenvalue weighted by atomic mass is 10.0. The van der Waals surface area contributed by atoms with Gasteiger partial charge in [-0.1, -0.05) is 26.8 Å². The minimum Gasteiger partial charge on any atom is -0.476 e. The normalized spacial score (nSPS) is 12.4. The van der Waals surface area contributed by atoms with Gasteiger partial charge >= 0.3 is 0 Å². The average molecular weight is 306 g/mol. The fraction of sp³-hybridized carbons (Fsp3) is 0.467. The molecule has 0 bridgehead atoms. The Hall–Kier alpha value is -1.82. The fourth-order valence-electron chi connectivity index (χ4n) is 1.99. The Morgan fingerprint density at radius 3 is 2.81 bits per heavy atom. The molecular weight excluding hydrogens is 284 g/mol. The van der Waals surface area contributed by atoms with E-state index >= 15 is 0 Å². The molecule has 0 aromatic carbocycles. The number of thiophene rings is 1.